The minimum absolute atomic E-state index is 0.311. The number of rotatable bonds is 4. The maximum absolute atomic E-state index is 7.68. The fourth-order valence-electron chi connectivity index (χ4n) is 1.40. The van der Waals surface area contributed by atoms with E-state index < -0.39 is 0 Å². The van der Waals surface area contributed by atoms with Gasteiger partial charge in [0.25, 0.3) is 0 Å². The zero-order valence-corrected chi connectivity index (χ0v) is 8.34. The third kappa shape index (κ3) is 3.77. The first kappa shape index (κ1) is 10.5. The van der Waals surface area contributed by atoms with Gasteiger partial charge in [0, 0.05) is 19.1 Å². The van der Waals surface area contributed by atoms with Crippen molar-refractivity contribution in [2.24, 2.45) is 5.92 Å². The molecule has 1 aliphatic rings. The summed E-state index contributed by atoms with van der Waals surface area (Å²) in [4.78, 5) is 0. The van der Waals surface area contributed by atoms with Gasteiger partial charge in [-0.05, 0) is 19.3 Å². The van der Waals surface area contributed by atoms with E-state index in [4.69, 9.17) is 14.9 Å². The van der Waals surface area contributed by atoms with Crippen LogP contribution >= 0.6 is 0 Å². The molecule has 0 amide bonds. The van der Waals surface area contributed by atoms with Gasteiger partial charge in [-0.1, -0.05) is 13.3 Å². The summed E-state index contributed by atoms with van der Waals surface area (Å²) in [5.74, 6) is 0.780. The Morgan fingerprint density at radius 3 is 2.77 bits per heavy atom. The fraction of sp³-hybridized carbons (Fsp3) is 0.900. The average Bonchev–Trinajstić information content (AvgIpc) is 2.19. The lowest BCUT2D eigenvalue weighted by Crippen LogP contribution is -2.25. The van der Waals surface area contributed by atoms with Crippen molar-refractivity contribution >= 4 is 5.90 Å². The average molecular weight is 185 g/mol. The van der Waals surface area contributed by atoms with Crippen molar-refractivity contribution in [1.29, 1.82) is 5.41 Å². The summed E-state index contributed by atoms with van der Waals surface area (Å²) in [5, 5.41) is 7.68. The standard InChI is InChI=1S/C10H19NO2/c1-2-3-6-13-10(11)9-4-7-12-8-5-9/h9,11H,2-8H2,1H3. The van der Waals surface area contributed by atoms with E-state index in [-0.39, 0.29) is 0 Å². The third-order valence-corrected chi connectivity index (χ3v) is 2.35. The molecule has 1 fully saturated rings. The summed E-state index contributed by atoms with van der Waals surface area (Å²) in [6, 6.07) is 0. The van der Waals surface area contributed by atoms with E-state index in [2.05, 4.69) is 6.92 Å². The van der Waals surface area contributed by atoms with Crippen molar-refractivity contribution in [3.05, 3.63) is 0 Å². The summed E-state index contributed by atoms with van der Waals surface area (Å²) in [7, 11) is 0. The zero-order chi connectivity index (χ0) is 9.52. The molecule has 0 aromatic rings. The summed E-state index contributed by atoms with van der Waals surface area (Å²) in [5.41, 5.74) is 0. The monoisotopic (exact) mass is 185 g/mol. The highest BCUT2D eigenvalue weighted by Crippen LogP contribution is 2.16. The normalized spacial score (nSPS) is 18.5. The van der Waals surface area contributed by atoms with E-state index in [0.717, 1.165) is 38.9 Å². The molecule has 0 spiro atoms. The number of hydrogen-bond acceptors (Lipinski definition) is 3. The van der Waals surface area contributed by atoms with Gasteiger partial charge in [0.2, 0.25) is 0 Å². The molecule has 1 rings (SSSR count). The van der Waals surface area contributed by atoms with Gasteiger partial charge in [-0.2, -0.15) is 0 Å². The van der Waals surface area contributed by atoms with E-state index in [1.54, 1.807) is 0 Å². The molecule has 1 N–H and O–H groups in total. The van der Waals surface area contributed by atoms with E-state index in [1.807, 2.05) is 0 Å². The van der Waals surface area contributed by atoms with Crippen molar-refractivity contribution in [3.63, 3.8) is 0 Å². The lowest BCUT2D eigenvalue weighted by atomic mass is 10.0. The topological polar surface area (TPSA) is 42.3 Å². The number of unbranched alkanes of at least 4 members (excludes halogenated alkanes) is 1. The number of nitrogens with one attached hydrogen (secondary N) is 1. The van der Waals surface area contributed by atoms with Crippen LogP contribution in [0.2, 0.25) is 0 Å². The second-order valence-corrected chi connectivity index (χ2v) is 3.45. The lowest BCUT2D eigenvalue weighted by Gasteiger charge is -2.22. The van der Waals surface area contributed by atoms with Crippen LogP contribution < -0.4 is 0 Å². The van der Waals surface area contributed by atoms with E-state index in [9.17, 15) is 0 Å². The van der Waals surface area contributed by atoms with Gasteiger partial charge < -0.3 is 9.47 Å². The van der Waals surface area contributed by atoms with Gasteiger partial charge >= 0.3 is 0 Å². The molecule has 1 heterocycles. The number of hydrogen-bond donors (Lipinski definition) is 1. The van der Waals surface area contributed by atoms with Crippen LogP contribution in [0.4, 0.5) is 0 Å². The maximum Gasteiger partial charge on any atom is 0.183 e. The van der Waals surface area contributed by atoms with E-state index in [0.29, 0.717) is 18.4 Å². The first-order valence-corrected chi connectivity index (χ1v) is 5.13. The minimum Gasteiger partial charge on any atom is -0.481 e. The minimum atomic E-state index is 0.311. The fourth-order valence-corrected chi connectivity index (χ4v) is 1.40. The molecule has 0 bridgehead atoms. The largest absolute Gasteiger partial charge is 0.481 e. The van der Waals surface area contributed by atoms with Gasteiger partial charge in [0.1, 0.15) is 0 Å². The van der Waals surface area contributed by atoms with Crippen molar-refractivity contribution in [3.8, 4) is 0 Å². The van der Waals surface area contributed by atoms with Crippen molar-refractivity contribution in [1.82, 2.24) is 0 Å². The summed E-state index contributed by atoms with van der Waals surface area (Å²) >= 11 is 0. The molecule has 13 heavy (non-hydrogen) atoms. The summed E-state index contributed by atoms with van der Waals surface area (Å²) in [6.45, 7) is 4.39. The molecule has 0 aromatic carbocycles. The van der Waals surface area contributed by atoms with Crippen LogP contribution in [0.15, 0.2) is 0 Å². The molecule has 0 aromatic heterocycles. The van der Waals surface area contributed by atoms with Crippen LogP contribution in [0.5, 0.6) is 0 Å². The molecule has 0 aliphatic carbocycles. The Labute approximate surface area is 79.9 Å². The molecule has 0 radical (unpaired) electrons. The molecule has 3 heteroatoms. The van der Waals surface area contributed by atoms with Gasteiger partial charge in [-0.25, -0.2) is 0 Å². The van der Waals surface area contributed by atoms with Gasteiger partial charge in [-0.3, -0.25) is 5.41 Å². The molecule has 0 saturated carbocycles. The van der Waals surface area contributed by atoms with Crippen LogP contribution in [0, 0.1) is 11.3 Å². The predicted molar refractivity (Wildman–Crippen MR) is 52.1 cm³/mol. The smallest absolute Gasteiger partial charge is 0.183 e. The molecular formula is C10H19NO2. The highest BCUT2D eigenvalue weighted by atomic mass is 16.5. The molecule has 76 valence electrons. The van der Waals surface area contributed by atoms with Crippen molar-refractivity contribution < 1.29 is 9.47 Å². The summed E-state index contributed by atoms with van der Waals surface area (Å²) < 4.78 is 10.6. The Hall–Kier alpha value is -0.570. The molecule has 0 atom stereocenters. The molecular weight excluding hydrogens is 166 g/mol. The third-order valence-electron chi connectivity index (χ3n) is 2.35. The lowest BCUT2D eigenvalue weighted by molar-refractivity contribution is 0.0753. The highest BCUT2D eigenvalue weighted by molar-refractivity contribution is 5.75. The molecule has 1 aliphatic heterocycles. The Morgan fingerprint density at radius 1 is 1.46 bits per heavy atom. The van der Waals surface area contributed by atoms with Crippen molar-refractivity contribution in [2.75, 3.05) is 19.8 Å². The van der Waals surface area contributed by atoms with E-state index in [1.165, 1.54) is 0 Å². The Kier molecular flexibility index (Phi) is 4.83. The maximum atomic E-state index is 7.68. The second kappa shape index (κ2) is 5.97. The first-order chi connectivity index (χ1) is 6.34. The quantitative estimate of drug-likeness (QED) is 0.414. The Bertz CT molecular complexity index is 153. The van der Waals surface area contributed by atoms with Gasteiger partial charge in [0.15, 0.2) is 5.90 Å². The van der Waals surface area contributed by atoms with Crippen molar-refractivity contribution in [2.45, 2.75) is 32.6 Å². The highest BCUT2D eigenvalue weighted by Gasteiger charge is 2.19. The molecule has 0 unspecified atom stereocenters. The van der Waals surface area contributed by atoms with Crippen LogP contribution in [0.25, 0.3) is 0 Å². The summed E-state index contributed by atoms with van der Waals surface area (Å²) in [6.07, 6.45) is 4.07. The zero-order valence-electron chi connectivity index (χ0n) is 8.34. The SMILES string of the molecule is CCCCOC(=N)C1CCOCC1. The number of ether oxygens (including phenoxy) is 2. The van der Waals surface area contributed by atoms with Crippen LogP contribution in [0.1, 0.15) is 32.6 Å². The molecule has 1 saturated heterocycles. The van der Waals surface area contributed by atoms with Crippen LogP contribution in [0.3, 0.4) is 0 Å². The Morgan fingerprint density at radius 2 is 2.15 bits per heavy atom. The van der Waals surface area contributed by atoms with Gasteiger partial charge in [0.05, 0.1) is 6.61 Å². The van der Waals surface area contributed by atoms with Crippen LogP contribution in [-0.2, 0) is 9.47 Å². The van der Waals surface area contributed by atoms with Gasteiger partial charge in [-0.15, -0.1) is 0 Å². The van der Waals surface area contributed by atoms with E-state index >= 15 is 0 Å². The molecule has 3 nitrogen and oxygen atoms in total. The van der Waals surface area contributed by atoms with Crippen LogP contribution in [-0.4, -0.2) is 25.7 Å². The predicted octanol–water partition coefficient (Wildman–Crippen LogP) is 2.21. The second-order valence-electron chi connectivity index (χ2n) is 3.45. The Balaban J connectivity index is 2.13. The first-order valence-electron chi connectivity index (χ1n) is 5.13.